The molecule has 11 nitrogen and oxygen atoms in total. The number of nitrogens with one attached hydrogen (secondary N) is 3. The van der Waals surface area contributed by atoms with E-state index in [1.807, 2.05) is 107 Å². The number of carbonyl (C=O) groups is 3. The zero-order chi connectivity index (χ0) is 42.1. The standard InChI is InChI=1S/C49H45N5O6/c1-30-22-37(23-31(2)44(30)51-46(55)42-27-39(28-50-42)54(58)59)49(18-20-53(21-19-49)48(57)60-29-34-12-6-5-7-13-34)38-24-32(3)45(33(4)25-38)52-47(56)43-40-16-10-8-14-35(40)26-36-15-9-11-17-41(36)43/h5-17,22-28,50H,18-21,29H2,1-4H3,(H,51,55)(H,52,56). The monoisotopic (exact) mass is 799 g/mol. The van der Waals surface area contributed by atoms with Gasteiger partial charge in [0.05, 0.1) is 16.7 Å². The van der Waals surface area contributed by atoms with Crippen molar-refractivity contribution in [2.45, 2.75) is 52.6 Å². The number of H-pyrrole nitrogens is 1. The summed E-state index contributed by atoms with van der Waals surface area (Å²) < 4.78 is 5.74. The first-order chi connectivity index (χ1) is 28.9. The summed E-state index contributed by atoms with van der Waals surface area (Å²) in [5, 5.41) is 21.2. The Balaban J connectivity index is 1.13. The number of nitro groups is 1. The molecule has 302 valence electrons. The van der Waals surface area contributed by atoms with Crippen LogP contribution >= 0.6 is 0 Å². The van der Waals surface area contributed by atoms with Gasteiger partial charge in [-0.2, -0.15) is 0 Å². The molecule has 0 atom stereocenters. The van der Waals surface area contributed by atoms with E-state index in [1.54, 1.807) is 4.90 Å². The van der Waals surface area contributed by atoms with Crippen molar-refractivity contribution in [1.82, 2.24) is 9.88 Å². The van der Waals surface area contributed by atoms with Gasteiger partial charge in [-0.15, -0.1) is 0 Å². The van der Waals surface area contributed by atoms with Crippen molar-refractivity contribution in [2.75, 3.05) is 23.7 Å². The molecule has 0 spiro atoms. The average Bonchev–Trinajstić information content (AvgIpc) is 3.76. The van der Waals surface area contributed by atoms with E-state index in [0.717, 1.165) is 66.2 Å². The zero-order valence-electron chi connectivity index (χ0n) is 33.9. The number of amides is 3. The molecule has 0 aliphatic carbocycles. The molecule has 3 amide bonds. The Labute approximate surface area is 347 Å². The van der Waals surface area contributed by atoms with Crippen LogP contribution in [-0.2, 0) is 16.8 Å². The van der Waals surface area contributed by atoms with E-state index in [0.29, 0.717) is 37.2 Å². The van der Waals surface area contributed by atoms with Crippen LogP contribution in [0.3, 0.4) is 0 Å². The summed E-state index contributed by atoms with van der Waals surface area (Å²) in [6, 6.07) is 37.2. The van der Waals surface area contributed by atoms with Crippen molar-refractivity contribution >= 4 is 56.5 Å². The van der Waals surface area contributed by atoms with Gasteiger partial charge >= 0.3 is 6.09 Å². The minimum absolute atomic E-state index is 0.0827. The van der Waals surface area contributed by atoms with Gasteiger partial charge in [-0.1, -0.05) is 103 Å². The Morgan fingerprint density at radius 3 is 1.72 bits per heavy atom. The highest BCUT2D eigenvalue weighted by atomic mass is 16.6. The Morgan fingerprint density at radius 1 is 0.700 bits per heavy atom. The fraction of sp³-hybridized carbons (Fsp3) is 0.204. The molecule has 7 aromatic rings. The van der Waals surface area contributed by atoms with Crippen LogP contribution in [0, 0.1) is 37.8 Å². The average molecular weight is 800 g/mol. The summed E-state index contributed by atoms with van der Waals surface area (Å²) in [4.78, 5) is 56.1. The highest BCUT2D eigenvalue weighted by molar-refractivity contribution is 6.22. The summed E-state index contributed by atoms with van der Waals surface area (Å²) in [7, 11) is 0. The Kier molecular flexibility index (Phi) is 10.7. The Hall–Kier alpha value is -7.27. The number of anilines is 2. The molecule has 0 bridgehead atoms. The first kappa shape index (κ1) is 39.6. The van der Waals surface area contributed by atoms with Crippen molar-refractivity contribution in [3.8, 4) is 0 Å². The van der Waals surface area contributed by atoms with Crippen LogP contribution in [0.5, 0.6) is 0 Å². The number of aryl methyl sites for hydroxylation is 4. The molecule has 2 heterocycles. The number of hydrogen-bond acceptors (Lipinski definition) is 6. The van der Waals surface area contributed by atoms with Gasteiger partial charge in [0.25, 0.3) is 17.5 Å². The number of aromatic amines is 1. The fourth-order valence-corrected chi connectivity index (χ4v) is 8.73. The van der Waals surface area contributed by atoms with Gasteiger partial charge in [-0.3, -0.25) is 19.7 Å². The maximum atomic E-state index is 14.3. The van der Waals surface area contributed by atoms with Gasteiger partial charge in [0, 0.05) is 35.9 Å². The van der Waals surface area contributed by atoms with E-state index in [1.165, 1.54) is 12.3 Å². The van der Waals surface area contributed by atoms with Crippen LogP contribution < -0.4 is 10.6 Å². The SMILES string of the molecule is Cc1cc(C2(c3cc(C)c(NC(=O)c4c5ccccc5cc5ccccc45)c(C)c3)CCN(C(=O)OCc3ccccc3)CC2)cc(C)c1NC(=O)c1cc([N+](=O)[O-])c[nH]1. The van der Waals surface area contributed by atoms with Gasteiger partial charge < -0.3 is 25.3 Å². The van der Waals surface area contributed by atoms with Crippen LogP contribution in [0.1, 0.15) is 72.6 Å². The first-order valence-electron chi connectivity index (χ1n) is 20.0. The molecular weight excluding hydrogens is 755 g/mol. The topological polar surface area (TPSA) is 147 Å². The number of nitrogens with zero attached hydrogens (tertiary/aromatic N) is 2. The van der Waals surface area contributed by atoms with Crippen molar-refractivity contribution in [2.24, 2.45) is 0 Å². The minimum Gasteiger partial charge on any atom is -0.445 e. The van der Waals surface area contributed by atoms with Crippen LogP contribution in [0.2, 0.25) is 0 Å². The predicted octanol–water partition coefficient (Wildman–Crippen LogP) is 10.7. The summed E-state index contributed by atoms with van der Waals surface area (Å²) in [6.07, 6.45) is 2.01. The van der Waals surface area contributed by atoms with Gasteiger partial charge in [-0.05, 0) is 107 Å². The number of benzene rings is 6. The maximum Gasteiger partial charge on any atom is 0.410 e. The third-order valence-corrected chi connectivity index (χ3v) is 11.8. The van der Waals surface area contributed by atoms with E-state index in [9.17, 15) is 24.5 Å². The zero-order valence-corrected chi connectivity index (χ0v) is 33.9. The Bertz CT molecular complexity index is 2720. The first-order valence-corrected chi connectivity index (χ1v) is 20.0. The van der Waals surface area contributed by atoms with Crippen LogP contribution in [0.25, 0.3) is 21.5 Å². The second kappa shape index (κ2) is 16.2. The summed E-state index contributed by atoms with van der Waals surface area (Å²) in [5.74, 6) is -0.670. The quantitative estimate of drug-likeness (QED) is 0.0752. The number of rotatable bonds is 9. The Morgan fingerprint density at radius 2 is 1.20 bits per heavy atom. The second-order valence-electron chi connectivity index (χ2n) is 15.7. The van der Waals surface area contributed by atoms with E-state index in [4.69, 9.17) is 4.74 Å². The molecule has 11 heteroatoms. The van der Waals surface area contributed by atoms with Gasteiger partial charge in [-0.25, -0.2) is 4.79 Å². The van der Waals surface area contributed by atoms with E-state index >= 15 is 0 Å². The smallest absolute Gasteiger partial charge is 0.410 e. The molecule has 1 saturated heterocycles. The lowest BCUT2D eigenvalue weighted by molar-refractivity contribution is -0.384. The van der Waals surface area contributed by atoms with E-state index in [2.05, 4.69) is 45.9 Å². The largest absolute Gasteiger partial charge is 0.445 e. The molecule has 0 radical (unpaired) electrons. The number of carbonyl (C=O) groups excluding carboxylic acids is 3. The van der Waals surface area contributed by atoms with Crippen molar-refractivity contribution in [1.29, 1.82) is 0 Å². The lowest BCUT2D eigenvalue weighted by Gasteiger charge is -2.43. The van der Waals surface area contributed by atoms with Crippen LogP contribution in [-0.4, -0.2) is 45.8 Å². The van der Waals surface area contributed by atoms with Gasteiger partial charge in [0.15, 0.2) is 0 Å². The summed E-state index contributed by atoms with van der Waals surface area (Å²) in [5.41, 5.74) is 7.78. The van der Waals surface area contributed by atoms with Crippen molar-refractivity contribution < 1.29 is 24.0 Å². The number of ether oxygens (including phenoxy) is 1. The molecule has 8 rings (SSSR count). The van der Waals surface area contributed by atoms with E-state index in [-0.39, 0.29) is 30.0 Å². The van der Waals surface area contributed by atoms with Gasteiger partial charge in [0.2, 0.25) is 0 Å². The molecule has 0 saturated carbocycles. The maximum absolute atomic E-state index is 14.3. The fourth-order valence-electron chi connectivity index (χ4n) is 8.73. The molecule has 1 aromatic heterocycles. The molecule has 60 heavy (non-hydrogen) atoms. The number of hydrogen-bond donors (Lipinski definition) is 3. The minimum atomic E-state index is -0.553. The molecule has 0 unspecified atom stereocenters. The highest BCUT2D eigenvalue weighted by Crippen LogP contribution is 2.45. The number of piperidine rings is 1. The van der Waals surface area contributed by atoms with E-state index < -0.39 is 16.2 Å². The summed E-state index contributed by atoms with van der Waals surface area (Å²) >= 11 is 0. The van der Waals surface area contributed by atoms with Crippen molar-refractivity contribution in [3.05, 3.63) is 182 Å². The van der Waals surface area contributed by atoms with Crippen LogP contribution in [0.4, 0.5) is 21.9 Å². The second-order valence-corrected chi connectivity index (χ2v) is 15.7. The van der Waals surface area contributed by atoms with Gasteiger partial charge in [0.1, 0.15) is 12.3 Å². The van der Waals surface area contributed by atoms with Crippen LogP contribution in [0.15, 0.2) is 121 Å². The molecule has 3 N–H and O–H groups in total. The lowest BCUT2D eigenvalue weighted by Crippen LogP contribution is -2.46. The predicted molar refractivity (Wildman–Crippen MR) is 235 cm³/mol. The molecule has 1 aliphatic heterocycles. The number of aromatic nitrogens is 1. The summed E-state index contributed by atoms with van der Waals surface area (Å²) in [6.45, 7) is 8.95. The van der Waals surface area contributed by atoms with Crippen molar-refractivity contribution in [3.63, 3.8) is 0 Å². The third kappa shape index (κ3) is 7.57. The molecule has 1 aliphatic rings. The molecule has 1 fully saturated rings. The molecule has 6 aromatic carbocycles. The number of fused-ring (bicyclic) bond motifs is 2. The molecular formula is C49H45N5O6. The third-order valence-electron chi connectivity index (χ3n) is 11.8. The lowest BCUT2D eigenvalue weighted by atomic mass is 9.67. The number of likely N-dealkylation sites (tertiary alicyclic amines) is 1. The normalized spacial score (nSPS) is 13.6. The highest BCUT2D eigenvalue weighted by Gasteiger charge is 2.40.